The fourth-order valence-corrected chi connectivity index (χ4v) is 4.57. The fourth-order valence-electron chi connectivity index (χ4n) is 4.57. The molecule has 5 rings (SSSR count). The first-order valence-corrected chi connectivity index (χ1v) is 11.9. The highest BCUT2D eigenvalue weighted by Gasteiger charge is 2.40. The number of nitrogens with zero attached hydrogens (tertiary/aromatic N) is 3. The second-order valence-electron chi connectivity index (χ2n) is 10.1. The zero-order valence-corrected chi connectivity index (χ0v) is 20.4. The van der Waals surface area contributed by atoms with Gasteiger partial charge in [-0.25, -0.2) is 19.7 Å². The van der Waals surface area contributed by atoms with Crippen molar-refractivity contribution in [3.05, 3.63) is 47.4 Å². The minimum Gasteiger partial charge on any atom is -0.468 e. The molecule has 2 aliphatic rings. The number of pyridine rings is 3. The van der Waals surface area contributed by atoms with E-state index < -0.39 is 24.4 Å². The van der Waals surface area contributed by atoms with Gasteiger partial charge in [0, 0.05) is 18.3 Å². The van der Waals surface area contributed by atoms with Gasteiger partial charge in [-0.3, -0.25) is 0 Å². The SMILES string of the molecule is CC(c1cnc(OCC(F)(F)F)c2cnc(Nc3ccc4c(n3)C(C)C(C)(C)OC4=O)cc12)C1CC1. The summed E-state index contributed by atoms with van der Waals surface area (Å²) in [7, 11) is 0. The Hall–Kier alpha value is -3.43. The van der Waals surface area contributed by atoms with Gasteiger partial charge in [-0.1, -0.05) is 13.8 Å². The van der Waals surface area contributed by atoms with Crippen LogP contribution in [0.1, 0.15) is 74.0 Å². The van der Waals surface area contributed by atoms with Crippen LogP contribution in [0.2, 0.25) is 0 Å². The highest BCUT2D eigenvalue weighted by molar-refractivity contribution is 5.93. The molecule has 0 saturated heterocycles. The van der Waals surface area contributed by atoms with Crippen LogP contribution in [0.15, 0.2) is 30.6 Å². The maximum atomic E-state index is 12.8. The third-order valence-electron chi connectivity index (χ3n) is 7.17. The van der Waals surface area contributed by atoms with E-state index in [2.05, 4.69) is 27.2 Å². The van der Waals surface area contributed by atoms with Crippen LogP contribution < -0.4 is 10.1 Å². The van der Waals surface area contributed by atoms with Crippen LogP contribution in [-0.2, 0) is 4.74 Å². The average Bonchev–Trinajstić information content (AvgIpc) is 3.65. The van der Waals surface area contributed by atoms with E-state index in [1.54, 1.807) is 24.4 Å². The van der Waals surface area contributed by atoms with Gasteiger partial charge in [-0.2, -0.15) is 13.2 Å². The number of aromatic nitrogens is 3. The second-order valence-corrected chi connectivity index (χ2v) is 10.1. The van der Waals surface area contributed by atoms with Crippen LogP contribution in [0.5, 0.6) is 5.88 Å². The number of carbonyl (C=O) groups excluding carboxylic acids is 1. The van der Waals surface area contributed by atoms with Crippen molar-refractivity contribution in [1.82, 2.24) is 15.0 Å². The number of fused-ring (bicyclic) bond motifs is 2. The molecular weight excluding hydrogens is 473 g/mol. The van der Waals surface area contributed by atoms with E-state index in [4.69, 9.17) is 9.47 Å². The minimum atomic E-state index is -4.47. The summed E-state index contributed by atoms with van der Waals surface area (Å²) in [4.78, 5) is 25.7. The van der Waals surface area contributed by atoms with Crippen molar-refractivity contribution < 1.29 is 27.4 Å². The third-order valence-corrected chi connectivity index (χ3v) is 7.17. The number of nitrogens with one attached hydrogen (secondary N) is 1. The number of anilines is 2. The zero-order chi connectivity index (χ0) is 25.8. The van der Waals surface area contributed by atoms with Gasteiger partial charge in [0.15, 0.2) is 6.61 Å². The standard InChI is InChI=1S/C26H27F3N4O3/c1-13(15-5-6-15)18-10-31-23(35-12-26(27,28)29)19-11-30-21(9-17(18)19)32-20-8-7-16-22(33-20)14(2)25(3,4)36-24(16)34/h7-11,13-15H,5-6,12H2,1-4H3,(H,30,32,33). The summed E-state index contributed by atoms with van der Waals surface area (Å²) in [5, 5.41) is 4.33. The Morgan fingerprint density at radius 3 is 2.61 bits per heavy atom. The van der Waals surface area contributed by atoms with Gasteiger partial charge in [0.25, 0.3) is 0 Å². The van der Waals surface area contributed by atoms with Gasteiger partial charge in [0.05, 0.1) is 16.6 Å². The van der Waals surface area contributed by atoms with Crippen molar-refractivity contribution in [3.63, 3.8) is 0 Å². The van der Waals surface area contributed by atoms with Crippen LogP contribution >= 0.6 is 0 Å². The van der Waals surface area contributed by atoms with Crippen molar-refractivity contribution in [2.45, 2.75) is 64.1 Å². The van der Waals surface area contributed by atoms with E-state index in [1.807, 2.05) is 20.8 Å². The first-order chi connectivity index (χ1) is 16.9. The molecule has 0 amide bonds. The lowest BCUT2D eigenvalue weighted by Crippen LogP contribution is -2.39. The number of rotatable bonds is 6. The van der Waals surface area contributed by atoms with Gasteiger partial charge in [-0.15, -0.1) is 0 Å². The molecular formula is C26H27F3N4O3. The van der Waals surface area contributed by atoms with Crippen LogP contribution in [-0.4, -0.2) is 39.3 Å². The van der Waals surface area contributed by atoms with E-state index in [9.17, 15) is 18.0 Å². The highest BCUT2D eigenvalue weighted by Crippen LogP contribution is 2.45. The molecule has 10 heteroatoms. The Kier molecular flexibility index (Phi) is 5.80. The number of hydrogen-bond donors (Lipinski definition) is 1. The molecule has 3 aromatic rings. The number of alkyl halides is 3. The molecule has 1 aliphatic heterocycles. The summed E-state index contributed by atoms with van der Waals surface area (Å²) in [5.41, 5.74) is 1.31. The molecule has 1 aliphatic carbocycles. The molecule has 2 unspecified atom stereocenters. The van der Waals surface area contributed by atoms with E-state index >= 15 is 0 Å². The van der Waals surface area contributed by atoms with Crippen molar-refractivity contribution in [1.29, 1.82) is 0 Å². The quantitative estimate of drug-likeness (QED) is 0.399. The lowest BCUT2D eigenvalue weighted by atomic mass is 9.84. The summed E-state index contributed by atoms with van der Waals surface area (Å²) in [6.07, 6.45) is 0.829. The maximum Gasteiger partial charge on any atom is 0.422 e. The van der Waals surface area contributed by atoms with E-state index in [-0.39, 0.29) is 17.7 Å². The maximum absolute atomic E-state index is 12.8. The first-order valence-electron chi connectivity index (χ1n) is 11.9. The lowest BCUT2D eigenvalue weighted by Gasteiger charge is -2.36. The smallest absolute Gasteiger partial charge is 0.422 e. The number of ether oxygens (including phenoxy) is 2. The number of halogens is 3. The summed E-state index contributed by atoms with van der Waals surface area (Å²) < 4.78 is 48.9. The molecule has 3 aromatic heterocycles. The fraction of sp³-hybridized carbons (Fsp3) is 0.462. The van der Waals surface area contributed by atoms with Crippen LogP contribution in [0.4, 0.5) is 24.8 Å². The molecule has 36 heavy (non-hydrogen) atoms. The van der Waals surface area contributed by atoms with Crippen LogP contribution in [0.25, 0.3) is 10.8 Å². The zero-order valence-electron chi connectivity index (χ0n) is 20.4. The largest absolute Gasteiger partial charge is 0.468 e. The minimum absolute atomic E-state index is 0.102. The Morgan fingerprint density at radius 2 is 1.92 bits per heavy atom. The summed E-state index contributed by atoms with van der Waals surface area (Å²) in [6.45, 7) is 6.32. The number of hydrogen-bond acceptors (Lipinski definition) is 7. The first kappa shape index (κ1) is 24.3. The summed E-state index contributed by atoms with van der Waals surface area (Å²) in [5.74, 6) is 1.05. The van der Waals surface area contributed by atoms with Crippen LogP contribution in [0.3, 0.4) is 0 Å². The Bertz CT molecular complexity index is 1340. The molecule has 1 saturated carbocycles. The van der Waals surface area contributed by atoms with Gasteiger partial charge in [0.1, 0.15) is 17.2 Å². The van der Waals surface area contributed by atoms with Crippen molar-refractivity contribution in [3.8, 4) is 5.88 Å². The highest BCUT2D eigenvalue weighted by atomic mass is 19.4. The van der Waals surface area contributed by atoms with E-state index in [0.29, 0.717) is 34.2 Å². The van der Waals surface area contributed by atoms with Crippen molar-refractivity contribution >= 4 is 28.4 Å². The van der Waals surface area contributed by atoms with Gasteiger partial charge in [-0.05, 0) is 67.7 Å². The molecule has 2 atom stereocenters. The van der Waals surface area contributed by atoms with Gasteiger partial charge >= 0.3 is 12.1 Å². The molecule has 190 valence electrons. The third kappa shape index (κ3) is 4.68. The van der Waals surface area contributed by atoms with Gasteiger partial charge in [0.2, 0.25) is 5.88 Å². The van der Waals surface area contributed by atoms with E-state index in [1.165, 1.54) is 6.20 Å². The van der Waals surface area contributed by atoms with Crippen LogP contribution in [0, 0.1) is 5.92 Å². The molecule has 4 heterocycles. The molecule has 1 fully saturated rings. The Morgan fingerprint density at radius 1 is 1.17 bits per heavy atom. The predicted octanol–water partition coefficient (Wildman–Crippen LogP) is 6.28. The number of esters is 1. The Labute approximate surface area is 206 Å². The average molecular weight is 501 g/mol. The topological polar surface area (TPSA) is 86.2 Å². The second kappa shape index (κ2) is 8.60. The van der Waals surface area contributed by atoms with E-state index in [0.717, 1.165) is 23.8 Å². The predicted molar refractivity (Wildman–Crippen MR) is 128 cm³/mol. The Balaban J connectivity index is 1.51. The monoisotopic (exact) mass is 500 g/mol. The summed E-state index contributed by atoms with van der Waals surface area (Å²) in [6, 6.07) is 5.14. The van der Waals surface area contributed by atoms with Crippen molar-refractivity contribution in [2.24, 2.45) is 5.92 Å². The normalized spacial score (nSPS) is 20.0. The molecule has 0 bridgehead atoms. The number of cyclic esters (lactones) is 1. The molecule has 7 nitrogen and oxygen atoms in total. The van der Waals surface area contributed by atoms with Gasteiger partial charge < -0.3 is 14.8 Å². The molecule has 1 N–H and O–H groups in total. The lowest BCUT2D eigenvalue weighted by molar-refractivity contribution is -0.153. The van der Waals surface area contributed by atoms with Crippen molar-refractivity contribution in [2.75, 3.05) is 11.9 Å². The molecule has 0 radical (unpaired) electrons. The molecule has 0 spiro atoms. The summed E-state index contributed by atoms with van der Waals surface area (Å²) >= 11 is 0. The molecule has 0 aromatic carbocycles. The number of carbonyl (C=O) groups is 1.